The largest absolute Gasteiger partial charge is 0.118 e. The molecule has 0 aliphatic heterocycles. The number of hydrogen-bond acceptors (Lipinski definition) is 0. The highest BCUT2D eigenvalue weighted by molar-refractivity contribution is 6.22. The van der Waals surface area contributed by atoms with Crippen molar-refractivity contribution in [2.24, 2.45) is 5.92 Å². The molecule has 1 aromatic rings. The molecular weight excluding hydrogens is 192 g/mol. The molecule has 0 saturated heterocycles. The zero-order valence-electron chi connectivity index (χ0n) is 8.41. The average molecular weight is 207 g/mol. The molecule has 2 atom stereocenters. The van der Waals surface area contributed by atoms with Crippen molar-refractivity contribution >= 4 is 17.2 Å². The van der Waals surface area contributed by atoms with Gasteiger partial charge in [-0.15, -0.1) is 11.6 Å². The van der Waals surface area contributed by atoms with Gasteiger partial charge in [-0.25, -0.2) is 0 Å². The summed E-state index contributed by atoms with van der Waals surface area (Å²) < 4.78 is 0. The van der Waals surface area contributed by atoms with Crippen LogP contribution in [0, 0.1) is 5.92 Å². The van der Waals surface area contributed by atoms with Gasteiger partial charge in [-0.05, 0) is 29.9 Å². The summed E-state index contributed by atoms with van der Waals surface area (Å²) in [5.41, 5.74) is 2.73. The van der Waals surface area contributed by atoms with Gasteiger partial charge >= 0.3 is 0 Å². The Morgan fingerprint density at radius 1 is 1.21 bits per heavy atom. The third-order valence-electron chi connectivity index (χ3n) is 2.72. The zero-order valence-corrected chi connectivity index (χ0v) is 9.17. The molecule has 0 aromatic heterocycles. The van der Waals surface area contributed by atoms with E-state index >= 15 is 0 Å². The highest BCUT2D eigenvalue weighted by Crippen LogP contribution is 2.32. The van der Waals surface area contributed by atoms with Crippen LogP contribution in [-0.4, -0.2) is 5.38 Å². The molecule has 0 N–H and O–H groups in total. The van der Waals surface area contributed by atoms with Gasteiger partial charge in [0.05, 0.1) is 5.38 Å². The lowest BCUT2D eigenvalue weighted by Crippen LogP contribution is -2.11. The second-order valence-electron chi connectivity index (χ2n) is 4.12. The maximum atomic E-state index is 6.18. The van der Waals surface area contributed by atoms with Gasteiger partial charge in [0.25, 0.3) is 0 Å². The monoisotopic (exact) mass is 206 g/mol. The highest BCUT2D eigenvalue weighted by Gasteiger charge is 2.17. The van der Waals surface area contributed by atoms with E-state index in [-0.39, 0.29) is 5.38 Å². The molecule has 0 radical (unpaired) electrons. The summed E-state index contributed by atoms with van der Waals surface area (Å²) >= 11 is 6.18. The summed E-state index contributed by atoms with van der Waals surface area (Å²) in [6, 6.07) is 10.5. The van der Waals surface area contributed by atoms with Gasteiger partial charge in [-0.3, -0.25) is 0 Å². The summed E-state index contributed by atoms with van der Waals surface area (Å²) in [6.45, 7) is 2.27. The van der Waals surface area contributed by atoms with Gasteiger partial charge in [0, 0.05) is 0 Å². The van der Waals surface area contributed by atoms with E-state index in [1.807, 2.05) is 0 Å². The molecule has 0 bridgehead atoms. The predicted octanol–water partition coefficient (Wildman–Crippen LogP) is 4.11. The second kappa shape index (κ2) is 4.18. The molecule has 2 rings (SSSR count). The van der Waals surface area contributed by atoms with E-state index in [1.165, 1.54) is 11.1 Å². The van der Waals surface area contributed by atoms with Crippen molar-refractivity contribution in [3.63, 3.8) is 0 Å². The van der Waals surface area contributed by atoms with Gasteiger partial charge in [0.2, 0.25) is 0 Å². The Labute approximate surface area is 90.6 Å². The second-order valence-corrected chi connectivity index (χ2v) is 4.68. The SMILES string of the molecule is CC1CC(c2ccccc2)=CC(Cl)C1. The van der Waals surface area contributed by atoms with Crippen molar-refractivity contribution in [1.29, 1.82) is 0 Å². The minimum Gasteiger partial charge on any atom is -0.118 e. The standard InChI is InChI=1S/C13H15Cl/c1-10-7-12(9-13(14)8-10)11-5-3-2-4-6-11/h2-6,9-10,13H,7-8H2,1H3. The molecule has 0 nitrogen and oxygen atoms in total. The van der Waals surface area contributed by atoms with Crippen LogP contribution in [-0.2, 0) is 0 Å². The van der Waals surface area contributed by atoms with Gasteiger partial charge in [-0.2, -0.15) is 0 Å². The minimum absolute atomic E-state index is 0.217. The Morgan fingerprint density at radius 2 is 1.93 bits per heavy atom. The van der Waals surface area contributed by atoms with Crippen LogP contribution in [0.3, 0.4) is 0 Å². The summed E-state index contributed by atoms with van der Waals surface area (Å²) in [5.74, 6) is 0.706. The fourth-order valence-electron chi connectivity index (χ4n) is 2.06. The molecule has 0 heterocycles. The van der Waals surface area contributed by atoms with Crippen LogP contribution in [0.2, 0.25) is 0 Å². The lowest BCUT2D eigenvalue weighted by atomic mass is 9.86. The molecule has 0 amide bonds. The number of allylic oxidation sites excluding steroid dienone is 2. The number of alkyl halides is 1. The molecule has 0 fully saturated rings. The van der Waals surface area contributed by atoms with Crippen LogP contribution in [0.1, 0.15) is 25.3 Å². The minimum atomic E-state index is 0.217. The van der Waals surface area contributed by atoms with Crippen molar-refractivity contribution < 1.29 is 0 Å². The van der Waals surface area contributed by atoms with Crippen molar-refractivity contribution in [1.82, 2.24) is 0 Å². The van der Waals surface area contributed by atoms with E-state index in [2.05, 4.69) is 43.3 Å². The lowest BCUT2D eigenvalue weighted by molar-refractivity contribution is 0.540. The van der Waals surface area contributed by atoms with Gasteiger partial charge < -0.3 is 0 Å². The van der Waals surface area contributed by atoms with Gasteiger partial charge in [0.15, 0.2) is 0 Å². The molecule has 1 aromatic carbocycles. The van der Waals surface area contributed by atoms with Crippen molar-refractivity contribution in [3.8, 4) is 0 Å². The van der Waals surface area contributed by atoms with E-state index in [1.54, 1.807) is 0 Å². The third kappa shape index (κ3) is 2.19. The summed E-state index contributed by atoms with van der Waals surface area (Å²) in [5, 5.41) is 0.217. The third-order valence-corrected chi connectivity index (χ3v) is 3.03. The van der Waals surface area contributed by atoms with Crippen LogP contribution in [0.25, 0.3) is 5.57 Å². The lowest BCUT2D eigenvalue weighted by Gasteiger charge is -2.22. The van der Waals surface area contributed by atoms with Crippen molar-refractivity contribution in [2.75, 3.05) is 0 Å². The molecular formula is C13H15Cl. The fourth-order valence-corrected chi connectivity index (χ4v) is 2.52. The Balaban J connectivity index is 2.26. The molecule has 2 unspecified atom stereocenters. The first-order valence-electron chi connectivity index (χ1n) is 5.16. The number of hydrogen-bond donors (Lipinski definition) is 0. The first-order chi connectivity index (χ1) is 6.75. The van der Waals surface area contributed by atoms with Crippen LogP contribution >= 0.6 is 11.6 Å². The van der Waals surface area contributed by atoms with E-state index < -0.39 is 0 Å². The molecule has 1 aliphatic rings. The maximum Gasteiger partial charge on any atom is 0.0524 e. The zero-order chi connectivity index (χ0) is 9.97. The predicted molar refractivity (Wildman–Crippen MR) is 62.5 cm³/mol. The van der Waals surface area contributed by atoms with Crippen LogP contribution in [0.4, 0.5) is 0 Å². The van der Waals surface area contributed by atoms with Crippen LogP contribution in [0.15, 0.2) is 36.4 Å². The Bertz CT molecular complexity index is 326. The first-order valence-corrected chi connectivity index (χ1v) is 5.59. The van der Waals surface area contributed by atoms with E-state index in [4.69, 9.17) is 11.6 Å². The fraction of sp³-hybridized carbons (Fsp3) is 0.385. The average Bonchev–Trinajstić information content (AvgIpc) is 2.18. The summed E-state index contributed by atoms with van der Waals surface area (Å²) in [4.78, 5) is 0. The number of benzene rings is 1. The van der Waals surface area contributed by atoms with Gasteiger partial charge in [-0.1, -0.05) is 43.3 Å². The first kappa shape index (κ1) is 9.79. The van der Waals surface area contributed by atoms with E-state index in [0.717, 1.165) is 12.8 Å². The van der Waals surface area contributed by atoms with E-state index in [0.29, 0.717) is 5.92 Å². The summed E-state index contributed by atoms with van der Waals surface area (Å²) in [7, 11) is 0. The Hall–Kier alpha value is -0.750. The van der Waals surface area contributed by atoms with Crippen molar-refractivity contribution in [2.45, 2.75) is 25.1 Å². The Morgan fingerprint density at radius 3 is 2.57 bits per heavy atom. The highest BCUT2D eigenvalue weighted by atomic mass is 35.5. The molecule has 1 heteroatoms. The number of halogens is 1. The molecule has 0 spiro atoms. The van der Waals surface area contributed by atoms with Gasteiger partial charge in [0.1, 0.15) is 0 Å². The molecule has 74 valence electrons. The molecule has 0 saturated carbocycles. The number of rotatable bonds is 1. The van der Waals surface area contributed by atoms with Crippen molar-refractivity contribution in [3.05, 3.63) is 42.0 Å². The molecule has 1 aliphatic carbocycles. The van der Waals surface area contributed by atoms with Crippen LogP contribution in [0.5, 0.6) is 0 Å². The smallest absolute Gasteiger partial charge is 0.0524 e. The Kier molecular flexibility index (Phi) is 2.93. The maximum absolute atomic E-state index is 6.18. The summed E-state index contributed by atoms with van der Waals surface area (Å²) in [6.07, 6.45) is 4.47. The normalized spacial score (nSPS) is 27.1. The molecule has 14 heavy (non-hydrogen) atoms. The van der Waals surface area contributed by atoms with Crippen LogP contribution < -0.4 is 0 Å². The quantitative estimate of drug-likeness (QED) is 0.607. The van der Waals surface area contributed by atoms with E-state index in [9.17, 15) is 0 Å². The topological polar surface area (TPSA) is 0 Å².